The Hall–Kier alpha value is -2.76. The van der Waals surface area contributed by atoms with E-state index in [0.29, 0.717) is 43.1 Å². The van der Waals surface area contributed by atoms with Gasteiger partial charge < -0.3 is 30.1 Å². The highest BCUT2D eigenvalue weighted by atomic mass is 79.9. The zero-order valence-corrected chi connectivity index (χ0v) is 26.3. The van der Waals surface area contributed by atoms with Gasteiger partial charge in [0, 0.05) is 34.6 Å². The number of nitrogens with zero attached hydrogens (tertiary/aromatic N) is 1. The number of benzene rings is 2. The summed E-state index contributed by atoms with van der Waals surface area (Å²) in [6.07, 6.45) is 3.73. The number of hydrogen-bond acceptors (Lipinski definition) is 7. The zero-order valence-electron chi connectivity index (χ0n) is 23.9. The molecular weight excluding hydrogens is 622 g/mol. The first-order valence-electron chi connectivity index (χ1n) is 14.5. The minimum atomic E-state index is -0.724. The molecule has 3 aliphatic heterocycles. The predicted octanol–water partition coefficient (Wildman–Crippen LogP) is 4.69. The molecule has 3 unspecified atom stereocenters. The summed E-state index contributed by atoms with van der Waals surface area (Å²) < 4.78 is 10.0. The van der Waals surface area contributed by atoms with Crippen molar-refractivity contribution in [2.24, 2.45) is 11.8 Å². The fourth-order valence-corrected chi connectivity index (χ4v) is 10.2. The van der Waals surface area contributed by atoms with Crippen molar-refractivity contribution in [3.8, 4) is 11.5 Å². The SMILES string of the molecule is CCOc1ccc(NC(=O)[C@H]2[C@@H]3SC4(CC3Br)C(C(=O)Nc3ccc(OC)cc3)N(CCCCCCO)C(=O)[C@H]24)cc1. The third kappa shape index (κ3) is 5.88. The van der Waals surface area contributed by atoms with Crippen molar-refractivity contribution >= 4 is 56.8 Å². The van der Waals surface area contributed by atoms with Crippen LogP contribution in [0.15, 0.2) is 48.5 Å². The molecule has 2 aromatic carbocycles. The van der Waals surface area contributed by atoms with E-state index in [4.69, 9.17) is 14.6 Å². The van der Waals surface area contributed by atoms with Crippen molar-refractivity contribution in [1.82, 2.24) is 4.90 Å². The Morgan fingerprint density at radius 1 is 1.00 bits per heavy atom. The number of carbonyl (C=O) groups excluding carboxylic acids is 3. The molecule has 3 fully saturated rings. The van der Waals surface area contributed by atoms with Crippen LogP contribution in [0.3, 0.4) is 0 Å². The minimum Gasteiger partial charge on any atom is -0.497 e. The summed E-state index contributed by atoms with van der Waals surface area (Å²) in [5.74, 6) is -0.367. The first-order valence-corrected chi connectivity index (χ1v) is 16.3. The van der Waals surface area contributed by atoms with E-state index in [9.17, 15) is 14.4 Å². The Labute approximate surface area is 259 Å². The highest BCUT2D eigenvalue weighted by Gasteiger charge is 2.75. The number of fused-ring (bicyclic) bond motifs is 1. The molecular formula is C31H38BrN3O6S. The fourth-order valence-electron chi connectivity index (χ4n) is 6.63. The van der Waals surface area contributed by atoms with E-state index in [-0.39, 0.29) is 34.4 Å². The second-order valence-electron chi connectivity index (χ2n) is 11.0. The molecule has 2 bridgehead atoms. The average Bonchev–Trinajstić information content (AvgIpc) is 3.57. The number of amides is 3. The van der Waals surface area contributed by atoms with Crippen molar-refractivity contribution in [2.75, 3.05) is 37.5 Å². The molecule has 0 aromatic heterocycles. The van der Waals surface area contributed by atoms with E-state index in [1.807, 2.05) is 19.1 Å². The lowest BCUT2D eigenvalue weighted by Gasteiger charge is -2.35. The first-order chi connectivity index (χ1) is 20.3. The van der Waals surface area contributed by atoms with E-state index < -0.39 is 22.6 Å². The number of aliphatic hydroxyl groups excluding tert-OH is 1. The molecule has 1 spiro atoms. The summed E-state index contributed by atoms with van der Waals surface area (Å²) in [5, 5.41) is 15.1. The molecule has 6 atom stereocenters. The smallest absolute Gasteiger partial charge is 0.248 e. The van der Waals surface area contributed by atoms with E-state index in [0.717, 1.165) is 25.0 Å². The highest BCUT2D eigenvalue weighted by Crippen LogP contribution is 2.67. The number of ether oxygens (including phenoxy) is 2. The zero-order chi connectivity index (χ0) is 29.9. The largest absolute Gasteiger partial charge is 0.497 e. The number of halogens is 1. The number of likely N-dealkylation sites (tertiary alicyclic amines) is 1. The van der Waals surface area contributed by atoms with E-state index >= 15 is 0 Å². The van der Waals surface area contributed by atoms with Gasteiger partial charge >= 0.3 is 0 Å². The summed E-state index contributed by atoms with van der Waals surface area (Å²) in [6.45, 7) is 3.03. The highest BCUT2D eigenvalue weighted by molar-refractivity contribution is 9.09. The van der Waals surface area contributed by atoms with Crippen LogP contribution in [-0.4, -0.2) is 75.5 Å². The number of rotatable bonds is 13. The van der Waals surface area contributed by atoms with Crippen LogP contribution in [0, 0.1) is 11.8 Å². The second-order valence-corrected chi connectivity index (χ2v) is 13.7. The summed E-state index contributed by atoms with van der Waals surface area (Å²) in [4.78, 5) is 43.8. The lowest BCUT2D eigenvalue weighted by Crippen LogP contribution is -2.52. The topological polar surface area (TPSA) is 117 Å². The summed E-state index contributed by atoms with van der Waals surface area (Å²) >= 11 is 5.43. The van der Waals surface area contributed by atoms with Crippen molar-refractivity contribution in [3.63, 3.8) is 0 Å². The molecule has 2 aromatic rings. The van der Waals surface area contributed by atoms with Crippen LogP contribution in [0.1, 0.15) is 39.0 Å². The van der Waals surface area contributed by atoms with Gasteiger partial charge in [-0.3, -0.25) is 14.4 Å². The van der Waals surface area contributed by atoms with Crippen LogP contribution in [0.5, 0.6) is 11.5 Å². The lowest BCUT2D eigenvalue weighted by atomic mass is 9.70. The van der Waals surface area contributed by atoms with E-state index in [1.54, 1.807) is 60.2 Å². The number of anilines is 2. The van der Waals surface area contributed by atoms with E-state index in [2.05, 4.69) is 26.6 Å². The number of alkyl halides is 1. The van der Waals surface area contributed by atoms with Crippen molar-refractivity contribution in [1.29, 1.82) is 0 Å². The van der Waals surface area contributed by atoms with Crippen LogP contribution in [-0.2, 0) is 14.4 Å². The molecule has 0 radical (unpaired) electrons. The maximum atomic E-state index is 14.2. The van der Waals surface area contributed by atoms with Gasteiger partial charge in [-0.2, -0.15) is 0 Å². The molecule has 9 nitrogen and oxygen atoms in total. The van der Waals surface area contributed by atoms with Crippen LogP contribution < -0.4 is 20.1 Å². The van der Waals surface area contributed by atoms with Gasteiger partial charge in [0.25, 0.3) is 0 Å². The van der Waals surface area contributed by atoms with Crippen LogP contribution in [0.2, 0.25) is 0 Å². The fraction of sp³-hybridized carbons (Fsp3) is 0.516. The third-order valence-corrected chi connectivity index (χ3v) is 11.7. The number of carbonyl (C=O) groups is 3. The number of methoxy groups -OCH3 is 1. The van der Waals surface area contributed by atoms with E-state index in [1.165, 1.54) is 0 Å². The molecule has 3 heterocycles. The standard InChI is InChI=1S/C31H38BrN3O6S/c1-3-41-22-14-10-19(11-15-22)33-28(37)24-25-30(39)35(16-6-4-5-7-17-36)27(31(25)18-23(32)26(24)42-31)29(38)34-20-8-12-21(40-2)13-9-20/h8-15,23-27,36H,3-7,16-18H2,1-2H3,(H,33,37)(H,34,38)/t23?,24-,25+,26-,27?,31?/m1/s1. The van der Waals surface area contributed by atoms with Gasteiger partial charge in [-0.25, -0.2) is 0 Å². The number of aliphatic hydroxyl groups is 1. The third-order valence-electron chi connectivity index (χ3n) is 8.44. The molecule has 0 aliphatic carbocycles. The van der Waals surface area contributed by atoms with Crippen molar-refractivity contribution in [3.05, 3.63) is 48.5 Å². The van der Waals surface area contributed by atoms with Gasteiger partial charge in [0.1, 0.15) is 17.5 Å². The molecule has 3 saturated heterocycles. The monoisotopic (exact) mass is 659 g/mol. The van der Waals surface area contributed by atoms with Crippen molar-refractivity contribution < 1.29 is 29.0 Å². The van der Waals surface area contributed by atoms with Gasteiger partial charge in [-0.15, -0.1) is 11.8 Å². The summed E-state index contributed by atoms with van der Waals surface area (Å²) in [7, 11) is 1.59. The summed E-state index contributed by atoms with van der Waals surface area (Å²) in [5.41, 5.74) is 1.25. The van der Waals surface area contributed by atoms with Gasteiger partial charge in [-0.1, -0.05) is 28.8 Å². The molecule has 5 rings (SSSR count). The maximum absolute atomic E-state index is 14.2. The molecule has 11 heteroatoms. The number of thioether (sulfide) groups is 1. The Kier molecular flexibility index (Phi) is 9.69. The Morgan fingerprint density at radius 2 is 1.62 bits per heavy atom. The predicted molar refractivity (Wildman–Crippen MR) is 167 cm³/mol. The average molecular weight is 661 g/mol. The van der Waals surface area contributed by atoms with Crippen LogP contribution in [0.4, 0.5) is 11.4 Å². The molecule has 3 amide bonds. The first kappa shape index (κ1) is 30.7. The molecule has 0 saturated carbocycles. The van der Waals surface area contributed by atoms with Crippen molar-refractivity contribution in [2.45, 2.75) is 59.9 Å². The second kappa shape index (κ2) is 13.3. The van der Waals surface area contributed by atoms with Crippen LogP contribution >= 0.6 is 27.7 Å². The molecule has 42 heavy (non-hydrogen) atoms. The number of nitrogens with one attached hydrogen (secondary N) is 2. The number of unbranched alkanes of at least 4 members (excludes halogenated alkanes) is 3. The maximum Gasteiger partial charge on any atom is 0.248 e. The van der Waals surface area contributed by atoms with Gasteiger partial charge in [-0.05, 0) is 74.7 Å². The minimum absolute atomic E-state index is 0.0107. The van der Waals surface area contributed by atoms with Gasteiger partial charge in [0.2, 0.25) is 17.7 Å². The Morgan fingerprint density at radius 3 is 2.24 bits per heavy atom. The normalized spacial score (nSPS) is 27.6. The lowest BCUT2D eigenvalue weighted by molar-refractivity contribution is -0.138. The molecule has 3 aliphatic rings. The quantitative estimate of drug-likeness (QED) is 0.211. The Bertz CT molecular complexity index is 1280. The van der Waals surface area contributed by atoms with Gasteiger partial charge in [0.05, 0.1) is 30.3 Å². The molecule has 226 valence electrons. The molecule has 3 N–H and O–H groups in total. The summed E-state index contributed by atoms with van der Waals surface area (Å²) in [6, 6.07) is 13.6. The number of hydrogen-bond donors (Lipinski definition) is 3. The Balaban J connectivity index is 1.41. The van der Waals surface area contributed by atoms with Gasteiger partial charge in [0.15, 0.2) is 0 Å². The van der Waals surface area contributed by atoms with Crippen LogP contribution in [0.25, 0.3) is 0 Å².